The van der Waals surface area contributed by atoms with E-state index in [0.717, 1.165) is 28.8 Å². The number of aromatic nitrogens is 1. The minimum atomic E-state index is -0.243. The maximum absolute atomic E-state index is 12.7. The molecule has 0 atom stereocenters. The molecule has 3 N–H and O–H groups in total. The maximum Gasteiger partial charge on any atom is 0.267 e. The highest BCUT2D eigenvalue weighted by molar-refractivity contribution is 7.21. The lowest BCUT2D eigenvalue weighted by molar-refractivity contribution is 0.103. The second-order valence-corrected chi connectivity index (χ2v) is 7.85. The van der Waals surface area contributed by atoms with Crippen molar-refractivity contribution >= 4 is 38.8 Å². The number of nitrogens with zero attached hydrogens (tertiary/aromatic N) is 2. The normalized spacial score (nSPS) is 14.0. The van der Waals surface area contributed by atoms with Crippen LogP contribution in [0.4, 0.5) is 11.4 Å². The Morgan fingerprint density at radius 1 is 1.15 bits per heavy atom. The van der Waals surface area contributed by atoms with Gasteiger partial charge in [0.15, 0.2) is 0 Å². The number of carbonyl (C=O) groups excluding carboxylic acids is 1. The molecular formula is C21H20N4OS. The van der Waals surface area contributed by atoms with Gasteiger partial charge in [-0.2, -0.15) is 5.26 Å². The number of nitrogen functional groups attached to an aromatic ring is 1. The number of anilines is 2. The molecule has 2 aromatic heterocycles. The topological polar surface area (TPSA) is 91.8 Å². The molecule has 0 saturated heterocycles. The van der Waals surface area contributed by atoms with E-state index >= 15 is 0 Å². The molecule has 6 heteroatoms. The molecule has 2 heterocycles. The standard InChI is InChI=1S/C21H20N4OS/c22-12-13-7-9-15(10-8-13)24-20(26)19-18(23)16-11-14-5-3-1-2-4-6-17(14)25-21(16)27-19/h7-11H,1-6,23H2,(H,24,26). The van der Waals surface area contributed by atoms with Crippen molar-refractivity contribution in [3.8, 4) is 6.07 Å². The van der Waals surface area contributed by atoms with Crippen LogP contribution in [0.1, 0.15) is 52.2 Å². The summed E-state index contributed by atoms with van der Waals surface area (Å²) in [6.07, 6.45) is 6.88. The third kappa shape index (κ3) is 3.51. The van der Waals surface area contributed by atoms with Gasteiger partial charge in [-0.1, -0.05) is 12.8 Å². The van der Waals surface area contributed by atoms with E-state index in [-0.39, 0.29) is 5.91 Å². The number of thiophene rings is 1. The molecule has 136 valence electrons. The van der Waals surface area contributed by atoms with Crippen molar-refractivity contribution in [3.05, 3.63) is 52.0 Å². The fourth-order valence-corrected chi connectivity index (χ4v) is 4.49. The zero-order valence-electron chi connectivity index (χ0n) is 14.9. The van der Waals surface area contributed by atoms with E-state index in [9.17, 15) is 4.79 Å². The van der Waals surface area contributed by atoms with Gasteiger partial charge in [-0.25, -0.2) is 4.98 Å². The summed E-state index contributed by atoms with van der Waals surface area (Å²) in [5.74, 6) is -0.243. The van der Waals surface area contributed by atoms with Gasteiger partial charge in [-0.05, 0) is 61.6 Å². The molecule has 5 nitrogen and oxygen atoms in total. The van der Waals surface area contributed by atoms with Crippen molar-refractivity contribution in [2.24, 2.45) is 0 Å². The third-order valence-electron chi connectivity index (χ3n) is 4.98. The first-order valence-corrected chi connectivity index (χ1v) is 9.99. The number of hydrogen-bond acceptors (Lipinski definition) is 5. The summed E-state index contributed by atoms with van der Waals surface area (Å²) in [5.41, 5.74) is 10.4. The zero-order valence-corrected chi connectivity index (χ0v) is 15.7. The van der Waals surface area contributed by atoms with E-state index in [2.05, 4.69) is 17.5 Å². The molecule has 4 rings (SSSR count). The average Bonchev–Trinajstić information content (AvgIpc) is 2.98. The highest BCUT2D eigenvalue weighted by Gasteiger charge is 2.20. The number of nitriles is 1. The Hall–Kier alpha value is -2.91. The number of pyridine rings is 1. The predicted molar refractivity (Wildman–Crippen MR) is 109 cm³/mol. The second kappa shape index (κ2) is 7.37. The van der Waals surface area contributed by atoms with E-state index in [1.165, 1.54) is 42.6 Å². The fraction of sp³-hybridized carbons (Fsp3) is 0.286. The largest absolute Gasteiger partial charge is 0.397 e. The lowest BCUT2D eigenvalue weighted by Gasteiger charge is -2.12. The van der Waals surface area contributed by atoms with Crippen molar-refractivity contribution in [1.29, 1.82) is 5.26 Å². The molecule has 1 aliphatic rings. The molecule has 1 aliphatic carbocycles. The summed E-state index contributed by atoms with van der Waals surface area (Å²) in [4.78, 5) is 18.9. The molecule has 0 bridgehead atoms. The van der Waals surface area contributed by atoms with Gasteiger partial charge < -0.3 is 11.1 Å². The lowest BCUT2D eigenvalue weighted by Crippen LogP contribution is -2.11. The Labute approximate surface area is 161 Å². The summed E-state index contributed by atoms with van der Waals surface area (Å²) in [6, 6.07) is 11.0. The third-order valence-corrected chi connectivity index (χ3v) is 6.09. The molecule has 0 aliphatic heterocycles. The minimum Gasteiger partial charge on any atom is -0.397 e. The van der Waals surface area contributed by atoms with Gasteiger partial charge >= 0.3 is 0 Å². The Kier molecular flexibility index (Phi) is 4.78. The molecular weight excluding hydrogens is 356 g/mol. The van der Waals surface area contributed by atoms with Crippen molar-refractivity contribution in [2.45, 2.75) is 38.5 Å². The van der Waals surface area contributed by atoms with E-state index < -0.39 is 0 Å². The smallest absolute Gasteiger partial charge is 0.267 e. The number of benzene rings is 1. The van der Waals surface area contributed by atoms with Crippen molar-refractivity contribution in [2.75, 3.05) is 11.1 Å². The highest BCUT2D eigenvalue weighted by atomic mass is 32.1. The van der Waals surface area contributed by atoms with Crippen LogP contribution in [0.5, 0.6) is 0 Å². The summed E-state index contributed by atoms with van der Waals surface area (Å²) >= 11 is 1.34. The molecule has 3 aromatic rings. The van der Waals surface area contributed by atoms with Crippen LogP contribution < -0.4 is 11.1 Å². The van der Waals surface area contributed by atoms with E-state index in [1.807, 2.05) is 0 Å². The quantitative estimate of drug-likeness (QED) is 0.680. The number of aryl methyl sites for hydroxylation is 2. The number of nitrogens with one attached hydrogen (secondary N) is 1. The molecule has 0 unspecified atom stereocenters. The first-order chi connectivity index (χ1) is 13.2. The van der Waals surface area contributed by atoms with E-state index in [1.54, 1.807) is 24.3 Å². The fourth-order valence-electron chi connectivity index (χ4n) is 3.50. The van der Waals surface area contributed by atoms with Crippen LogP contribution in [0.25, 0.3) is 10.2 Å². The SMILES string of the molecule is N#Cc1ccc(NC(=O)c2sc3nc4c(cc3c2N)CCCCCC4)cc1. The Morgan fingerprint density at radius 3 is 2.63 bits per heavy atom. The monoisotopic (exact) mass is 376 g/mol. The van der Waals surface area contributed by atoms with Gasteiger partial charge in [0.2, 0.25) is 0 Å². The molecule has 0 radical (unpaired) electrons. The molecule has 0 spiro atoms. The molecule has 27 heavy (non-hydrogen) atoms. The summed E-state index contributed by atoms with van der Waals surface area (Å²) in [5, 5.41) is 12.6. The van der Waals surface area contributed by atoms with Gasteiger partial charge in [0.1, 0.15) is 9.71 Å². The second-order valence-electron chi connectivity index (χ2n) is 6.85. The van der Waals surface area contributed by atoms with Gasteiger partial charge in [-0.15, -0.1) is 11.3 Å². The number of fused-ring (bicyclic) bond motifs is 2. The first kappa shape index (κ1) is 17.5. The van der Waals surface area contributed by atoms with Crippen molar-refractivity contribution < 1.29 is 4.79 Å². The number of nitrogens with two attached hydrogens (primary N) is 1. The summed E-state index contributed by atoms with van der Waals surface area (Å²) < 4.78 is 0. The van der Waals surface area contributed by atoms with Crippen molar-refractivity contribution in [3.63, 3.8) is 0 Å². The van der Waals surface area contributed by atoms with E-state index in [4.69, 9.17) is 16.0 Å². The molecule has 1 amide bonds. The molecule has 0 fully saturated rings. The van der Waals surface area contributed by atoms with Gasteiger partial charge in [-0.3, -0.25) is 4.79 Å². The van der Waals surface area contributed by atoms with Crippen LogP contribution in [-0.4, -0.2) is 10.9 Å². The van der Waals surface area contributed by atoms with Crippen molar-refractivity contribution in [1.82, 2.24) is 4.98 Å². The average molecular weight is 376 g/mol. The van der Waals surface area contributed by atoms with Crippen LogP contribution >= 0.6 is 11.3 Å². The Morgan fingerprint density at radius 2 is 1.89 bits per heavy atom. The predicted octanol–water partition coefficient (Wildman–Crippen LogP) is 4.66. The number of hydrogen-bond donors (Lipinski definition) is 2. The number of amides is 1. The highest BCUT2D eigenvalue weighted by Crippen LogP contribution is 2.35. The summed E-state index contributed by atoms with van der Waals surface area (Å²) in [7, 11) is 0. The van der Waals surface area contributed by atoms with Crippen LogP contribution in [0.3, 0.4) is 0 Å². The van der Waals surface area contributed by atoms with Gasteiger partial charge in [0, 0.05) is 16.8 Å². The van der Waals surface area contributed by atoms with Gasteiger partial charge in [0.25, 0.3) is 5.91 Å². The molecule has 0 saturated carbocycles. The van der Waals surface area contributed by atoms with Crippen LogP contribution in [-0.2, 0) is 12.8 Å². The lowest BCUT2D eigenvalue weighted by atomic mass is 9.96. The Balaban J connectivity index is 1.65. The Bertz CT molecular complexity index is 1050. The summed E-state index contributed by atoms with van der Waals surface area (Å²) in [6.45, 7) is 0. The van der Waals surface area contributed by atoms with Gasteiger partial charge in [0.05, 0.1) is 17.3 Å². The molecule has 1 aromatic carbocycles. The zero-order chi connectivity index (χ0) is 18.8. The number of rotatable bonds is 2. The van der Waals surface area contributed by atoms with Crippen LogP contribution in [0, 0.1) is 11.3 Å². The first-order valence-electron chi connectivity index (χ1n) is 9.18. The van der Waals surface area contributed by atoms with Crippen LogP contribution in [0.2, 0.25) is 0 Å². The minimum absolute atomic E-state index is 0.243. The van der Waals surface area contributed by atoms with Crippen LogP contribution in [0.15, 0.2) is 30.3 Å². The number of carbonyl (C=O) groups is 1. The van der Waals surface area contributed by atoms with E-state index in [0.29, 0.717) is 21.8 Å². The maximum atomic E-state index is 12.7.